The molecule has 1 aromatic rings. The number of rotatable bonds is 7. The van der Waals surface area contributed by atoms with E-state index in [4.69, 9.17) is 4.42 Å². The average molecular weight is 479 g/mol. The number of aliphatic imine (C=N–C) groups is 1. The minimum absolute atomic E-state index is 0. The monoisotopic (exact) mass is 479 g/mol. The van der Waals surface area contributed by atoms with Crippen molar-refractivity contribution in [3.05, 3.63) is 23.7 Å². The van der Waals surface area contributed by atoms with Gasteiger partial charge in [0.1, 0.15) is 0 Å². The molecule has 4 N–H and O–H groups in total. The van der Waals surface area contributed by atoms with Crippen LogP contribution in [0.3, 0.4) is 0 Å². The third-order valence-corrected chi connectivity index (χ3v) is 3.15. The van der Waals surface area contributed by atoms with Crippen LogP contribution in [0.15, 0.2) is 21.7 Å². The first-order valence-corrected chi connectivity index (χ1v) is 8.31. The van der Waals surface area contributed by atoms with Gasteiger partial charge in [0.05, 0.1) is 12.8 Å². The van der Waals surface area contributed by atoms with Crippen LogP contribution in [-0.4, -0.2) is 50.0 Å². The van der Waals surface area contributed by atoms with Crippen LogP contribution >= 0.6 is 24.0 Å². The average Bonchev–Trinajstić information content (AvgIpc) is 2.94. The fourth-order valence-electron chi connectivity index (χ4n) is 2.03. The van der Waals surface area contributed by atoms with Crippen molar-refractivity contribution < 1.29 is 14.0 Å². The van der Waals surface area contributed by atoms with Crippen LogP contribution in [0.5, 0.6) is 0 Å². The van der Waals surface area contributed by atoms with Gasteiger partial charge in [-0.1, -0.05) is 0 Å². The molecule has 0 atom stereocenters. The second-order valence-corrected chi connectivity index (χ2v) is 6.69. The minimum atomic E-state index is -0.264. The van der Waals surface area contributed by atoms with Gasteiger partial charge >= 0.3 is 0 Å². The van der Waals surface area contributed by atoms with Crippen LogP contribution in [0, 0.1) is 6.92 Å². The maximum Gasteiger partial charge on any atom is 0.287 e. The molecule has 1 aromatic heterocycles. The van der Waals surface area contributed by atoms with Crippen LogP contribution < -0.4 is 21.3 Å². The number of hydrogen-bond acceptors (Lipinski definition) is 4. The molecule has 0 aromatic carbocycles. The number of nitrogens with zero attached hydrogens (tertiary/aromatic N) is 1. The standard InChI is InChI=1S/C17H29N5O3.HI/c1-12-7-10-25-14(12)15(24)19-8-6-9-20-16(18-5)21-11-13(23)22-17(2,3)4;/h7,10H,6,8-9,11H2,1-5H3,(H,19,24)(H,22,23)(H2,18,20,21);1H. The highest BCUT2D eigenvalue weighted by molar-refractivity contribution is 14.0. The van der Waals surface area contributed by atoms with Crippen molar-refractivity contribution in [2.75, 3.05) is 26.7 Å². The van der Waals surface area contributed by atoms with Crippen LogP contribution in [0.25, 0.3) is 0 Å². The molecule has 0 aliphatic rings. The number of carbonyl (C=O) groups is 2. The molecule has 0 spiro atoms. The topological polar surface area (TPSA) is 108 Å². The summed E-state index contributed by atoms with van der Waals surface area (Å²) in [5.41, 5.74) is 0.550. The Morgan fingerprint density at radius 1 is 1.15 bits per heavy atom. The summed E-state index contributed by atoms with van der Waals surface area (Å²) >= 11 is 0. The second kappa shape index (κ2) is 11.8. The molecule has 0 bridgehead atoms. The summed E-state index contributed by atoms with van der Waals surface area (Å²) in [7, 11) is 1.64. The lowest BCUT2D eigenvalue weighted by atomic mass is 10.1. The number of halogens is 1. The summed E-state index contributed by atoms with van der Waals surface area (Å²) in [6.45, 7) is 8.87. The summed E-state index contributed by atoms with van der Waals surface area (Å²) in [6.07, 6.45) is 2.21. The largest absolute Gasteiger partial charge is 0.459 e. The fourth-order valence-corrected chi connectivity index (χ4v) is 2.03. The van der Waals surface area contributed by atoms with E-state index in [1.54, 1.807) is 13.1 Å². The zero-order valence-corrected chi connectivity index (χ0v) is 18.4. The van der Waals surface area contributed by atoms with Crippen molar-refractivity contribution in [1.82, 2.24) is 21.3 Å². The van der Waals surface area contributed by atoms with Crippen LogP contribution in [0.4, 0.5) is 0 Å². The van der Waals surface area contributed by atoms with E-state index in [1.165, 1.54) is 6.26 Å². The summed E-state index contributed by atoms with van der Waals surface area (Å²) in [4.78, 5) is 27.7. The number of aryl methyl sites for hydroxylation is 1. The number of guanidine groups is 1. The first-order valence-electron chi connectivity index (χ1n) is 8.31. The lowest BCUT2D eigenvalue weighted by Crippen LogP contribution is -2.48. The molecule has 26 heavy (non-hydrogen) atoms. The van der Waals surface area contributed by atoms with Gasteiger partial charge in [-0.25, -0.2) is 0 Å². The summed E-state index contributed by atoms with van der Waals surface area (Å²) in [6, 6.07) is 1.75. The molecule has 0 unspecified atom stereocenters. The minimum Gasteiger partial charge on any atom is -0.459 e. The maximum atomic E-state index is 11.9. The Labute approximate surface area is 172 Å². The Morgan fingerprint density at radius 2 is 1.81 bits per heavy atom. The van der Waals surface area contributed by atoms with Crippen LogP contribution in [-0.2, 0) is 4.79 Å². The van der Waals surface area contributed by atoms with E-state index in [-0.39, 0.29) is 47.9 Å². The maximum absolute atomic E-state index is 11.9. The van der Waals surface area contributed by atoms with Gasteiger partial charge in [-0.15, -0.1) is 24.0 Å². The van der Waals surface area contributed by atoms with Gasteiger partial charge in [-0.3, -0.25) is 14.6 Å². The Bertz CT molecular complexity index is 608. The molecule has 0 radical (unpaired) electrons. The van der Waals surface area contributed by atoms with Crippen molar-refractivity contribution in [1.29, 1.82) is 0 Å². The smallest absolute Gasteiger partial charge is 0.287 e. The third kappa shape index (κ3) is 9.64. The van der Waals surface area contributed by atoms with Gasteiger partial charge in [0.2, 0.25) is 5.91 Å². The molecule has 0 fully saturated rings. The highest BCUT2D eigenvalue weighted by atomic mass is 127. The molecule has 0 aliphatic heterocycles. The summed E-state index contributed by atoms with van der Waals surface area (Å²) in [5.74, 6) is 0.563. The van der Waals surface area contributed by atoms with Crippen LogP contribution in [0.2, 0.25) is 0 Å². The first-order chi connectivity index (χ1) is 11.7. The van der Waals surface area contributed by atoms with E-state index in [2.05, 4.69) is 26.3 Å². The number of amides is 2. The van der Waals surface area contributed by atoms with Crippen molar-refractivity contribution in [3.8, 4) is 0 Å². The number of hydrogen-bond donors (Lipinski definition) is 4. The van der Waals surface area contributed by atoms with E-state index >= 15 is 0 Å². The lowest BCUT2D eigenvalue weighted by molar-refractivity contribution is -0.121. The SMILES string of the molecule is CN=C(NCCCNC(=O)c1occc1C)NCC(=O)NC(C)(C)C.I. The predicted octanol–water partition coefficient (Wildman–Crippen LogP) is 1.41. The molecule has 9 heteroatoms. The lowest BCUT2D eigenvalue weighted by Gasteiger charge is -2.21. The van der Waals surface area contributed by atoms with Gasteiger partial charge in [-0.2, -0.15) is 0 Å². The van der Waals surface area contributed by atoms with Gasteiger partial charge in [0.15, 0.2) is 11.7 Å². The quantitative estimate of drug-likeness (QED) is 0.205. The second-order valence-electron chi connectivity index (χ2n) is 6.69. The Kier molecular flexibility index (Phi) is 11.0. The zero-order valence-electron chi connectivity index (χ0n) is 16.1. The Morgan fingerprint density at radius 3 is 2.35 bits per heavy atom. The molecule has 8 nitrogen and oxygen atoms in total. The van der Waals surface area contributed by atoms with Crippen LogP contribution in [0.1, 0.15) is 43.3 Å². The van der Waals surface area contributed by atoms with Crippen molar-refractivity contribution in [3.63, 3.8) is 0 Å². The number of carbonyl (C=O) groups excluding carboxylic acids is 2. The fraction of sp³-hybridized carbons (Fsp3) is 0.588. The molecule has 1 rings (SSSR count). The number of furan rings is 1. The normalized spacial score (nSPS) is 11.3. The highest BCUT2D eigenvalue weighted by Gasteiger charge is 2.14. The summed E-state index contributed by atoms with van der Waals surface area (Å²) < 4.78 is 5.13. The van der Waals surface area contributed by atoms with Crippen molar-refractivity contribution in [2.24, 2.45) is 4.99 Å². The van der Waals surface area contributed by atoms with E-state index in [1.807, 2.05) is 27.7 Å². The van der Waals surface area contributed by atoms with Gasteiger partial charge < -0.3 is 25.7 Å². The Hall–Kier alpha value is -1.78. The first kappa shape index (κ1) is 24.2. The molecule has 0 saturated heterocycles. The zero-order chi connectivity index (χ0) is 18.9. The number of nitrogens with one attached hydrogen (secondary N) is 4. The van der Waals surface area contributed by atoms with Crippen molar-refractivity contribution >= 4 is 41.8 Å². The van der Waals surface area contributed by atoms with Gasteiger partial charge in [0.25, 0.3) is 5.91 Å². The van der Waals surface area contributed by atoms with E-state index in [0.29, 0.717) is 31.2 Å². The van der Waals surface area contributed by atoms with Gasteiger partial charge in [0, 0.05) is 31.2 Å². The molecular formula is C17H30IN5O3. The van der Waals surface area contributed by atoms with Gasteiger partial charge in [-0.05, 0) is 40.2 Å². The third-order valence-electron chi connectivity index (χ3n) is 3.15. The Balaban J connectivity index is 0.00000625. The van der Waals surface area contributed by atoms with Crippen molar-refractivity contribution in [2.45, 2.75) is 39.7 Å². The molecule has 0 aliphatic carbocycles. The van der Waals surface area contributed by atoms with E-state index < -0.39 is 0 Å². The molecule has 0 saturated carbocycles. The molecule has 148 valence electrons. The highest BCUT2D eigenvalue weighted by Crippen LogP contribution is 2.07. The summed E-state index contributed by atoms with van der Waals surface area (Å²) in [5, 5.41) is 11.7. The predicted molar refractivity (Wildman–Crippen MR) is 113 cm³/mol. The molecule has 1 heterocycles. The molecular weight excluding hydrogens is 449 g/mol. The molecule has 2 amide bonds. The van der Waals surface area contributed by atoms with E-state index in [9.17, 15) is 9.59 Å². The van der Waals surface area contributed by atoms with E-state index in [0.717, 1.165) is 5.56 Å².